The normalized spacial score (nSPS) is 10.9. The van der Waals surface area contributed by atoms with E-state index in [1.165, 1.54) is 17.4 Å². The Kier molecular flexibility index (Phi) is 3.02. The van der Waals surface area contributed by atoms with Crippen LogP contribution in [-0.2, 0) is 7.05 Å². The molecule has 102 valence electrons. The van der Waals surface area contributed by atoms with Gasteiger partial charge < -0.3 is 5.32 Å². The van der Waals surface area contributed by atoms with Gasteiger partial charge in [-0.25, -0.2) is 4.39 Å². The third-order valence-corrected chi connectivity index (χ3v) is 4.29. The summed E-state index contributed by atoms with van der Waals surface area (Å²) in [5.41, 5.74) is 1.01. The molecular weight excluding hydrogens is 277 g/mol. The maximum Gasteiger partial charge on any atom is 0.261 e. The molecule has 0 saturated heterocycles. The number of fused-ring (bicyclic) bond motifs is 1. The summed E-state index contributed by atoms with van der Waals surface area (Å²) in [6, 6.07) is 8.26. The molecule has 1 amide bonds. The van der Waals surface area contributed by atoms with Crippen LogP contribution < -0.4 is 5.32 Å². The zero-order chi connectivity index (χ0) is 14.3. The smallest absolute Gasteiger partial charge is 0.261 e. The van der Waals surface area contributed by atoms with E-state index in [-0.39, 0.29) is 11.7 Å². The van der Waals surface area contributed by atoms with Gasteiger partial charge in [0.05, 0.1) is 4.88 Å². The number of thiophene rings is 1. The van der Waals surface area contributed by atoms with Gasteiger partial charge in [-0.1, -0.05) is 12.1 Å². The number of carbonyl (C=O) groups is 1. The Labute approximate surface area is 118 Å². The van der Waals surface area contributed by atoms with E-state index in [4.69, 9.17) is 0 Å². The van der Waals surface area contributed by atoms with Crippen molar-refractivity contribution in [1.82, 2.24) is 15.1 Å². The summed E-state index contributed by atoms with van der Waals surface area (Å²) in [4.78, 5) is 13.1. The summed E-state index contributed by atoms with van der Waals surface area (Å²) < 4.78 is 15.6. The number of nitrogens with zero attached hydrogens (tertiary/aromatic N) is 2. The van der Waals surface area contributed by atoms with Crippen LogP contribution in [0.2, 0.25) is 0 Å². The van der Waals surface area contributed by atoms with Crippen LogP contribution in [-0.4, -0.2) is 22.7 Å². The van der Waals surface area contributed by atoms with Crippen molar-refractivity contribution in [3.8, 4) is 11.3 Å². The third-order valence-electron chi connectivity index (χ3n) is 3.09. The van der Waals surface area contributed by atoms with Crippen molar-refractivity contribution in [3.63, 3.8) is 0 Å². The van der Waals surface area contributed by atoms with Crippen LogP contribution in [0.1, 0.15) is 9.67 Å². The number of aromatic nitrogens is 2. The van der Waals surface area contributed by atoms with Crippen LogP contribution in [0.25, 0.3) is 21.5 Å². The number of halogens is 1. The minimum atomic E-state index is -0.319. The Balaban J connectivity index is 2.24. The number of benzene rings is 1. The highest BCUT2D eigenvalue weighted by atomic mass is 32.1. The maximum atomic E-state index is 13.9. The Morgan fingerprint density at radius 2 is 2.15 bits per heavy atom. The maximum absolute atomic E-state index is 13.9. The highest BCUT2D eigenvalue weighted by Gasteiger charge is 2.18. The monoisotopic (exact) mass is 289 g/mol. The van der Waals surface area contributed by atoms with Crippen molar-refractivity contribution < 1.29 is 9.18 Å². The van der Waals surface area contributed by atoms with Crippen molar-refractivity contribution in [1.29, 1.82) is 0 Å². The van der Waals surface area contributed by atoms with Gasteiger partial charge in [0, 0.05) is 25.0 Å². The second kappa shape index (κ2) is 4.72. The Morgan fingerprint density at radius 1 is 1.40 bits per heavy atom. The Hall–Kier alpha value is -2.21. The molecule has 2 aromatic heterocycles. The van der Waals surface area contributed by atoms with Crippen LogP contribution in [0.5, 0.6) is 0 Å². The van der Waals surface area contributed by atoms with Crippen molar-refractivity contribution >= 4 is 27.5 Å². The molecule has 0 fully saturated rings. The minimum Gasteiger partial charge on any atom is -0.354 e. The predicted molar refractivity (Wildman–Crippen MR) is 77.4 cm³/mol. The second-order valence-electron chi connectivity index (χ2n) is 4.36. The van der Waals surface area contributed by atoms with E-state index in [2.05, 4.69) is 10.4 Å². The highest BCUT2D eigenvalue weighted by Crippen LogP contribution is 2.34. The molecule has 0 spiro atoms. The highest BCUT2D eigenvalue weighted by molar-refractivity contribution is 7.20. The number of carbonyl (C=O) groups excluding carboxylic acids is 1. The number of nitrogens with one attached hydrogen (secondary N) is 1. The summed E-state index contributed by atoms with van der Waals surface area (Å²) in [6.07, 6.45) is 0. The number of aryl methyl sites for hydroxylation is 1. The lowest BCUT2D eigenvalue weighted by atomic mass is 10.1. The third kappa shape index (κ3) is 1.89. The van der Waals surface area contributed by atoms with E-state index in [9.17, 15) is 9.18 Å². The van der Waals surface area contributed by atoms with Gasteiger partial charge in [-0.2, -0.15) is 5.10 Å². The van der Waals surface area contributed by atoms with Gasteiger partial charge in [-0.3, -0.25) is 9.48 Å². The molecule has 2 heterocycles. The van der Waals surface area contributed by atoms with Crippen molar-refractivity contribution in [2.24, 2.45) is 7.05 Å². The summed E-state index contributed by atoms with van der Waals surface area (Å²) in [5.74, 6) is -0.467. The van der Waals surface area contributed by atoms with Crippen LogP contribution in [0.3, 0.4) is 0 Å². The van der Waals surface area contributed by atoms with Gasteiger partial charge in [-0.05, 0) is 18.2 Å². The van der Waals surface area contributed by atoms with Crippen molar-refractivity contribution in [2.45, 2.75) is 0 Å². The van der Waals surface area contributed by atoms with Crippen molar-refractivity contribution in [2.75, 3.05) is 7.05 Å². The molecule has 0 saturated carbocycles. The summed E-state index contributed by atoms with van der Waals surface area (Å²) in [6.45, 7) is 0. The van der Waals surface area contributed by atoms with Gasteiger partial charge in [0.15, 0.2) is 0 Å². The van der Waals surface area contributed by atoms with Crippen LogP contribution in [0, 0.1) is 5.82 Å². The van der Waals surface area contributed by atoms with Gasteiger partial charge in [-0.15, -0.1) is 11.3 Å². The second-order valence-corrected chi connectivity index (χ2v) is 5.39. The molecule has 0 aliphatic rings. The number of rotatable bonds is 2. The molecule has 3 aromatic rings. The van der Waals surface area contributed by atoms with E-state index >= 15 is 0 Å². The summed E-state index contributed by atoms with van der Waals surface area (Å²) >= 11 is 1.34. The van der Waals surface area contributed by atoms with E-state index < -0.39 is 0 Å². The average Bonchev–Trinajstić information content (AvgIpc) is 3.00. The first-order valence-corrected chi connectivity index (χ1v) is 6.87. The van der Waals surface area contributed by atoms with E-state index in [1.807, 2.05) is 0 Å². The lowest BCUT2D eigenvalue weighted by Gasteiger charge is -1.99. The quantitative estimate of drug-likeness (QED) is 0.788. The van der Waals surface area contributed by atoms with Gasteiger partial charge in [0.25, 0.3) is 5.91 Å². The predicted octanol–water partition coefficient (Wildman–Crippen LogP) is 2.80. The Morgan fingerprint density at radius 3 is 2.85 bits per heavy atom. The van der Waals surface area contributed by atoms with Gasteiger partial charge >= 0.3 is 0 Å². The fraction of sp³-hybridized carbons (Fsp3) is 0.143. The van der Waals surface area contributed by atoms with Crippen LogP contribution in [0.4, 0.5) is 4.39 Å². The molecule has 0 aliphatic heterocycles. The minimum absolute atomic E-state index is 0.148. The number of amides is 1. The largest absolute Gasteiger partial charge is 0.354 e. The van der Waals surface area contributed by atoms with E-state index in [0.717, 1.165) is 10.2 Å². The molecular formula is C14H12FN3OS. The molecule has 4 nitrogen and oxygen atoms in total. The lowest BCUT2D eigenvalue weighted by Crippen LogP contribution is -2.16. The first-order valence-electron chi connectivity index (χ1n) is 6.05. The lowest BCUT2D eigenvalue weighted by molar-refractivity contribution is 0.0967. The zero-order valence-corrected chi connectivity index (χ0v) is 11.8. The molecule has 0 unspecified atom stereocenters. The topological polar surface area (TPSA) is 46.9 Å². The first-order chi connectivity index (χ1) is 9.61. The number of hydrogen-bond donors (Lipinski definition) is 1. The van der Waals surface area contributed by atoms with Crippen LogP contribution >= 0.6 is 11.3 Å². The van der Waals surface area contributed by atoms with Crippen molar-refractivity contribution in [3.05, 3.63) is 41.0 Å². The molecule has 0 aliphatic carbocycles. The average molecular weight is 289 g/mol. The van der Waals surface area contributed by atoms with E-state index in [0.29, 0.717) is 16.1 Å². The first kappa shape index (κ1) is 12.8. The molecule has 0 atom stereocenters. The SMILES string of the molecule is CNC(=O)c1cc2c(-c3ccccc3F)nn(C)c2s1. The van der Waals surface area contributed by atoms with E-state index in [1.54, 1.807) is 43.0 Å². The standard InChI is InChI=1S/C14H12FN3OS/c1-16-13(19)11-7-9-12(17-18(2)14(9)20-11)8-5-3-4-6-10(8)15/h3-7H,1-2H3,(H,16,19). The fourth-order valence-corrected chi connectivity index (χ4v) is 3.15. The molecule has 3 rings (SSSR count). The fourth-order valence-electron chi connectivity index (χ4n) is 2.13. The summed E-state index contributed by atoms with van der Waals surface area (Å²) in [7, 11) is 3.37. The van der Waals surface area contributed by atoms with Gasteiger partial charge in [0.2, 0.25) is 0 Å². The summed E-state index contributed by atoms with van der Waals surface area (Å²) in [5, 5.41) is 7.75. The number of hydrogen-bond acceptors (Lipinski definition) is 3. The molecule has 0 radical (unpaired) electrons. The molecule has 1 N–H and O–H groups in total. The molecule has 0 bridgehead atoms. The van der Waals surface area contributed by atoms with Crippen LogP contribution in [0.15, 0.2) is 30.3 Å². The molecule has 1 aromatic carbocycles. The van der Waals surface area contributed by atoms with Gasteiger partial charge in [0.1, 0.15) is 16.3 Å². The Bertz CT molecular complexity index is 806. The molecule has 6 heteroatoms. The molecule has 20 heavy (non-hydrogen) atoms. The zero-order valence-electron chi connectivity index (χ0n) is 11.0.